The zero-order valence-corrected chi connectivity index (χ0v) is 27.7. The van der Waals surface area contributed by atoms with E-state index in [-0.39, 0.29) is 22.2 Å². The maximum atomic E-state index is 15.3. The van der Waals surface area contributed by atoms with E-state index in [4.69, 9.17) is 28.1 Å². The van der Waals surface area contributed by atoms with Crippen molar-refractivity contribution in [1.82, 2.24) is 0 Å². The molecule has 0 aliphatic carbocycles. The van der Waals surface area contributed by atoms with Crippen LogP contribution in [0.1, 0.15) is 58.2 Å². The highest BCUT2D eigenvalue weighted by Crippen LogP contribution is 2.37. The van der Waals surface area contributed by atoms with Gasteiger partial charge in [0.2, 0.25) is 0 Å². The fourth-order valence-electron chi connectivity index (χ4n) is 4.33. The van der Waals surface area contributed by atoms with E-state index < -0.39 is 32.1 Å². The molecule has 0 unspecified atom stereocenters. The maximum Gasteiger partial charge on any atom is 0.345 e. The minimum Gasteiger partial charge on any atom is -0.465 e. The van der Waals surface area contributed by atoms with Crippen molar-refractivity contribution in [2.45, 2.75) is 62.2 Å². The van der Waals surface area contributed by atoms with Gasteiger partial charge in [0.25, 0.3) is 0 Å². The quantitative estimate of drug-likeness (QED) is 0.123. The van der Waals surface area contributed by atoms with Crippen molar-refractivity contribution in [2.24, 2.45) is 0 Å². The second kappa shape index (κ2) is 14.6. The predicted octanol–water partition coefficient (Wildman–Crippen LogP) is 2.24. The van der Waals surface area contributed by atoms with Crippen LogP contribution in [0.15, 0.2) is 94.2 Å². The molecule has 0 atom stereocenters. The molecule has 9 nitrogen and oxygen atoms in total. The van der Waals surface area contributed by atoms with E-state index in [1.54, 1.807) is 24.3 Å². The highest BCUT2D eigenvalue weighted by Gasteiger charge is 2.40. The van der Waals surface area contributed by atoms with Crippen molar-refractivity contribution in [3.05, 3.63) is 101 Å². The van der Waals surface area contributed by atoms with Gasteiger partial charge in [-0.25, -0.2) is 28.2 Å². The lowest BCUT2D eigenvalue weighted by atomic mass is 9.87. The molecule has 0 aliphatic rings. The number of hydrogen-bond acceptors (Lipinski definition) is 9. The van der Waals surface area contributed by atoms with Crippen LogP contribution in [0, 0.1) is 10.2 Å². The van der Waals surface area contributed by atoms with Gasteiger partial charge in [-0.3, -0.25) is 0 Å². The van der Waals surface area contributed by atoms with Gasteiger partial charge in [0.1, 0.15) is 5.75 Å². The summed E-state index contributed by atoms with van der Waals surface area (Å²) in [6, 6.07) is 24.5. The summed E-state index contributed by atoms with van der Waals surface area (Å²) in [5, 5.41) is 0. The smallest absolute Gasteiger partial charge is 0.345 e. The third-order valence-electron chi connectivity index (χ3n) is 6.75. The largest absolute Gasteiger partial charge is 0.465 e. The van der Waals surface area contributed by atoms with E-state index in [9.17, 15) is 9.59 Å². The van der Waals surface area contributed by atoms with Crippen molar-refractivity contribution in [2.75, 3.05) is 20.0 Å². The van der Waals surface area contributed by atoms with Gasteiger partial charge in [0.15, 0.2) is 25.3 Å². The lowest BCUT2D eigenvalue weighted by Crippen LogP contribution is -2.68. The lowest BCUT2D eigenvalue weighted by molar-refractivity contribution is -2.00. The molecule has 238 valence electrons. The van der Waals surface area contributed by atoms with Gasteiger partial charge in [0.05, 0.1) is 14.2 Å². The van der Waals surface area contributed by atoms with E-state index in [2.05, 4.69) is 41.5 Å². The number of ether oxygens (including phenoxy) is 2. The van der Waals surface area contributed by atoms with E-state index in [1.165, 1.54) is 14.2 Å². The Labute approximate surface area is 262 Å². The van der Waals surface area contributed by atoms with Gasteiger partial charge in [-0.1, -0.05) is 100 Å². The number of benzene rings is 3. The zero-order chi connectivity index (χ0) is 33.5. The Kier molecular flexibility index (Phi) is 12.2. The summed E-state index contributed by atoms with van der Waals surface area (Å²) in [5.74, 6) is -1.78. The fraction of sp³-hybridized carbons (Fsp3) is 0.333. The van der Waals surface area contributed by atoms with Crippen LogP contribution in [0.25, 0.3) is 5.57 Å². The van der Waals surface area contributed by atoms with Crippen molar-refractivity contribution in [3.8, 4) is 0 Å². The normalized spacial score (nSPS) is 12.0. The first-order chi connectivity index (χ1) is 20.2. The molecule has 11 heteroatoms. The molecule has 0 aromatic heterocycles. The molecular formula is C33H39ClO9S. The van der Waals surface area contributed by atoms with Gasteiger partial charge in [-0.05, 0) is 51.8 Å². The SMILES string of the molecule is COC(=O)C(C(=O)OC)=C(C[S+](=O)(c1ccc(C(C)(C)C)cc1)c1ccc(C(C)(C)C)cc1)c1ccccc1.[O-][Cl+3]([O-])([O-])[O-]. The lowest BCUT2D eigenvalue weighted by Gasteiger charge is -2.22. The van der Waals surface area contributed by atoms with E-state index in [0.29, 0.717) is 20.9 Å². The number of carbonyl (C=O) groups is 2. The van der Waals surface area contributed by atoms with E-state index in [0.717, 1.165) is 11.1 Å². The number of rotatable bonds is 7. The van der Waals surface area contributed by atoms with E-state index >= 15 is 4.21 Å². The van der Waals surface area contributed by atoms with Crippen molar-refractivity contribution >= 4 is 27.4 Å². The summed E-state index contributed by atoms with van der Waals surface area (Å²) in [5.41, 5.74) is 2.70. The number of carbonyl (C=O) groups excluding carboxylic acids is 2. The number of esters is 2. The van der Waals surface area contributed by atoms with Crippen LogP contribution in [0.2, 0.25) is 0 Å². The van der Waals surface area contributed by atoms with Crippen molar-refractivity contribution in [1.29, 1.82) is 0 Å². The molecule has 0 heterocycles. The second-order valence-electron chi connectivity index (χ2n) is 11.9. The second-order valence-corrected chi connectivity index (χ2v) is 15.3. The molecule has 44 heavy (non-hydrogen) atoms. The first kappa shape index (κ1) is 36.8. The number of hydrogen-bond donors (Lipinski definition) is 0. The Bertz CT molecular complexity index is 1410. The Balaban J connectivity index is 0.00000125. The summed E-state index contributed by atoms with van der Waals surface area (Å²) < 4.78 is 59.2. The zero-order valence-electron chi connectivity index (χ0n) is 26.2. The topological polar surface area (TPSA) is 162 Å². The molecule has 0 radical (unpaired) electrons. The molecule has 0 aliphatic heterocycles. The highest BCUT2D eigenvalue weighted by atomic mass is 35.7. The third-order valence-corrected chi connectivity index (χ3v) is 9.52. The van der Waals surface area contributed by atoms with Crippen molar-refractivity contribution < 1.29 is 52.2 Å². The molecule has 0 amide bonds. The number of halogens is 1. The Hall–Kier alpha value is -3.38. The van der Waals surface area contributed by atoms with Crippen LogP contribution < -0.4 is 18.6 Å². The molecule has 3 rings (SSSR count). The van der Waals surface area contributed by atoms with Crippen LogP contribution in [-0.2, 0) is 44.0 Å². The summed E-state index contributed by atoms with van der Waals surface area (Å²) in [4.78, 5) is 27.1. The van der Waals surface area contributed by atoms with Crippen LogP contribution in [-0.4, -0.2) is 31.9 Å². The van der Waals surface area contributed by atoms with Crippen LogP contribution in [0.5, 0.6) is 0 Å². The molecule has 3 aromatic carbocycles. The van der Waals surface area contributed by atoms with Gasteiger partial charge >= 0.3 is 11.9 Å². The average molecular weight is 647 g/mol. The summed E-state index contributed by atoms with van der Waals surface area (Å²) in [7, 11) is -5.54. The van der Waals surface area contributed by atoms with Gasteiger partial charge < -0.3 is 9.47 Å². The molecule has 0 saturated carbocycles. The highest BCUT2D eigenvalue weighted by molar-refractivity contribution is 8.03. The fourth-order valence-corrected chi connectivity index (χ4v) is 6.80. The summed E-state index contributed by atoms with van der Waals surface area (Å²) in [6.45, 7) is 12.7. The van der Waals surface area contributed by atoms with Gasteiger partial charge in [0, 0.05) is 5.57 Å². The molecule has 0 N–H and O–H groups in total. The summed E-state index contributed by atoms with van der Waals surface area (Å²) in [6.07, 6.45) is 0. The molecule has 0 spiro atoms. The standard InChI is InChI=1S/C33H39O5S.ClHO4/c1-32(2,3)24-14-18-26(19-15-24)39(36,27-20-16-25(17-21-27)33(4,5)6)22-28(23-12-10-9-11-13-23)29(30(34)37-7)31(35)38-8;2-1(3,4)5/h9-21H,22H2,1-8H3;(H,2,3,4,5)/q+1;/p-1. The molecule has 3 aromatic rings. The minimum atomic E-state index is -4.94. The third kappa shape index (κ3) is 10.1. The van der Waals surface area contributed by atoms with Gasteiger partial charge in [-0.2, -0.15) is 0 Å². The maximum absolute atomic E-state index is 15.3. The monoisotopic (exact) mass is 646 g/mol. The Morgan fingerprint density at radius 1 is 0.659 bits per heavy atom. The van der Waals surface area contributed by atoms with Crippen molar-refractivity contribution in [3.63, 3.8) is 0 Å². The van der Waals surface area contributed by atoms with Crippen LogP contribution in [0.4, 0.5) is 0 Å². The average Bonchev–Trinajstić information content (AvgIpc) is 2.95. The number of methoxy groups -OCH3 is 2. The van der Waals surface area contributed by atoms with Crippen LogP contribution in [0.3, 0.4) is 0 Å². The Morgan fingerprint density at radius 2 is 1.00 bits per heavy atom. The first-order valence-electron chi connectivity index (χ1n) is 13.5. The molecule has 0 saturated heterocycles. The molecule has 0 fully saturated rings. The first-order valence-corrected chi connectivity index (χ1v) is 16.5. The minimum absolute atomic E-state index is 0.0776. The molecular weight excluding hydrogens is 608 g/mol. The van der Waals surface area contributed by atoms with E-state index in [1.807, 2.05) is 54.6 Å². The predicted molar refractivity (Wildman–Crippen MR) is 157 cm³/mol. The van der Waals surface area contributed by atoms with Crippen LogP contribution >= 0.6 is 0 Å². The summed E-state index contributed by atoms with van der Waals surface area (Å²) >= 11 is 0. The molecule has 0 bridgehead atoms. The van der Waals surface area contributed by atoms with Gasteiger partial charge in [-0.15, -0.1) is 10.2 Å². The Morgan fingerprint density at radius 3 is 1.30 bits per heavy atom.